The van der Waals surface area contributed by atoms with Gasteiger partial charge in [0.15, 0.2) is 11.6 Å². The number of nitrogens with zero attached hydrogens (tertiary/aromatic N) is 2. The third-order valence-electron chi connectivity index (χ3n) is 4.05. The molecule has 5 nitrogen and oxygen atoms in total. The molecule has 1 N–H and O–H groups in total. The predicted octanol–water partition coefficient (Wildman–Crippen LogP) is 5.02. The van der Waals surface area contributed by atoms with E-state index in [1.165, 1.54) is 0 Å². The quantitative estimate of drug-likeness (QED) is 0.712. The van der Waals surface area contributed by atoms with Crippen molar-refractivity contribution in [2.75, 3.05) is 6.61 Å². The highest BCUT2D eigenvalue weighted by Crippen LogP contribution is 2.42. The Kier molecular flexibility index (Phi) is 6.06. The van der Waals surface area contributed by atoms with Gasteiger partial charge in [0.2, 0.25) is 0 Å². The summed E-state index contributed by atoms with van der Waals surface area (Å²) in [6, 6.07) is 0. The number of pyridine rings is 1. The normalized spacial score (nSPS) is 19.2. The van der Waals surface area contributed by atoms with E-state index in [0.717, 1.165) is 0 Å². The lowest BCUT2D eigenvalue weighted by molar-refractivity contribution is -0.140. The van der Waals surface area contributed by atoms with Gasteiger partial charge in [-0.2, -0.15) is 13.2 Å². The van der Waals surface area contributed by atoms with E-state index in [-0.39, 0.29) is 30.8 Å². The fourth-order valence-electron chi connectivity index (χ4n) is 2.83. The van der Waals surface area contributed by atoms with E-state index >= 15 is 0 Å². The number of hydrogen-bond acceptors (Lipinski definition) is 4. The maximum Gasteiger partial charge on any atom is 0.435 e. The number of aromatic carboxylic acids is 1. The molecule has 0 amide bonds. The molecule has 2 rings (SSSR count). The number of carbonyl (C=O) groups is 1. The van der Waals surface area contributed by atoms with Crippen molar-refractivity contribution in [1.82, 2.24) is 4.98 Å². The Hall–Kier alpha value is -2.26. The number of carboxylic acid groups (broad SMARTS) is 1. The Bertz CT molecular complexity index is 760. The molecular weight excluding hydrogens is 375 g/mol. The van der Waals surface area contributed by atoms with Crippen molar-refractivity contribution < 1.29 is 36.6 Å². The van der Waals surface area contributed by atoms with Crippen LogP contribution >= 0.6 is 0 Å². The maximum atomic E-state index is 13.5. The van der Waals surface area contributed by atoms with Crippen LogP contribution in [0, 0.1) is 11.8 Å². The van der Waals surface area contributed by atoms with Gasteiger partial charge in [-0.25, -0.2) is 23.6 Å². The minimum atomic E-state index is -5.09. The van der Waals surface area contributed by atoms with Crippen LogP contribution in [0.5, 0.6) is 0 Å². The number of ether oxygens (including phenoxy) is 1. The van der Waals surface area contributed by atoms with Crippen molar-refractivity contribution in [3.63, 3.8) is 0 Å². The molecule has 0 aromatic carbocycles. The SMILES string of the molecule is CC(C)Cc1c(N=C2OCCC2C)c(C(F)(F)F)nc(C(F)F)c1C(=O)O. The third kappa shape index (κ3) is 4.54. The van der Waals surface area contributed by atoms with Crippen molar-refractivity contribution in [2.45, 2.75) is 46.2 Å². The first kappa shape index (κ1) is 21.0. The molecule has 1 aromatic rings. The summed E-state index contributed by atoms with van der Waals surface area (Å²) in [5.74, 6) is -2.35. The van der Waals surface area contributed by atoms with Crippen LogP contribution in [0.1, 0.15) is 60.9 Å². The zero-order valence-electron chi connectivity index (χ0n) is 14.9. The van der Waals surface area contributed by atoms with Crippen LogP contribution in [0.4, 0.5) is 27.6 Å². The van der Waals surface area contributed by atoms with Crippen molar-refractivity contribution in [1.29, 1.82) is 0 Å². The average Bonchev–Trinajstić information content (AvgIpc) is 2.91. The molecule has 10 heteroatoms. The first-order valence-corrected chi connectivity index (χ1v) is 8.30. The summed E-state index contributed by atoms with van der Waals surface area (Å²) in [6.45, 7) is 5.22. The molecule has 2 heterocycles. The van der Waals surface area contributed by atoms with E-state index in [2.05, 4.69) is 9.98 Å². The summed E-state index contributed by atoms with van der Waals surface area (Å²) in [5, 5.41) is 9.40. The second kappa shape index (κ2) is 7.77. The number of aliphatic imine (C=N–C) groups is 1. The first-order valence-electron chi connectivity index (χ1n) is 8.30. The van der Waals surface area contributed by atoms with Gasteiger partial charge in [-0.3, -0.25) is 0 Å². The fourth-order valence-corrected chi connectivity index (χ4v) is 2.83. The minimum Gasteiger partial charge on any atom is -0.481 e. The second-order valence-electron chi connectivity index (χ2n) is 6.74. The number of carboxylic acids is 1. The summed E-state index contributed by atoms with van der Waals surface area (Å²) in [4.78, 5) is 18.5. The van der Waals surface area contributed by atoms with Gasteiger partial charge in [0, 0.05) is 5.92 Å². The summed E-state index contributed by atoms with van der Waals surface area (Å²) in [6.07, 6.45) is -8.22. The monoisotopic (exact) mass is 394 g/mol. The molecule has 1 fully saturated rings. The lowest BCUT2D eigenvalue weighted by atomic mass is 9.94. The predicted molar refractivity (Wildman–Crippen MR) is 86.5 cm³/mol. The van der Waals surface area contributed by atoms with Gasteiger partial charge in [-0.15, -0.1) is 0 Å². The Labute approximate surface area is 152 Å². The van der Waals surface area contributed by atoms with Gasteiger partial charge < -0.3 is 9.84 Å². The summed E-state index contributed by atoms with van der Waals surface area (Å²) in [7, 11) is 0. The van der Waals surface area contributed by atoms with Gasteiger partial charge in [0.1, 0.15) is 11.4 Å². The number of hydrogen-bond donors (Lipinski definition) is 1. The largest absolute Gasteiger partial charge is 0.481 e. The van der Waals surface area contributed by atoms with Crippen molar-refractivity contribution >= 4 is 17.6 Å². The Morgan fingerprint density at radius 2 is 2.00 bits per heavy atom. The smallest absolute Gasteiger partial charge is 0.435 e. The molecule has 1 aliphatic rings. The molecule has 1 aliphatic heterocycles. The molecule has 1 unspecified atom stereocenters. The zero-order valence-corrected chi connectivity index (χ0v) is 14.9. The number of halogens is 5. The molecule has 150 valence electrons. The molecule has 1 atom stereocenters. The molecule has 27 heavy (non-hydrogen) atoms. The molecule has 0 bridgehead atoms. The highest BCUT2D eigenvalue weighted by molar-refractivity contribution is 5.94. The van der Waals surface area contributed by atoms with Crippen molar-refractivity contribution in [3.05, 3.63) is 22.5 Å². The first-order chi connectivity index (χ1) is 12.4. The highest BCUT2D eigenvalue weighted by atomic mass is 19.4. The highest BCUT2D eigenvalue weighted by Gasteiger charge is 2.41. The molecule has 0 spiro atoms. The Balaban J connectivity index is 2.91. The van der Waals surface area contributed by atoms with Crippen LogP contribution in [0.3, 0.4) is 0 Å². The van der Waals surface area contributed by atoms with Crippen LogP contribution in [0.15, 0.2) is 4.99 Å². The zero-order chi connectivity index (χ0) is 20.5. The standard InChI is InChI=1S/C17H19F5N2O3/c1-7(2)6-9-10(16(25)26)12(14(18)19)23-13(17(20,21)22)11(9)24-15-8(3)4-5-27-15/h7-8,14H,4-6H2,1-3H3,(H,25,26). The summed E-state index contributed by atoms with van der Waals surface area (Å²) >= 11 is 0. The van der Waals surface area contributed by atoms with E-state index in [1.807, 2.05) is 0 Å². The van der Waals surface area contributed by atoms with E-state index in [1.54, 1.807) is 20.8 Å². The van der Waals surface area contributed by atoms with Crippen LogP contribution in [0.2, 0.25) is 0 Å². The van der Waals surface area contributed by atoms with Crippen LogP contribution in [-0.2, 0) is 17.3 Å². The van der Waals surface area contributed by atoms with Gasteiger partial charge in [-0.05, 0) is 24.3 Å². The lowest BCUT2D eigenvalue weighted by Crippen LogP contribution is -2.19. The third-order valence-corrected chi connectivity index (χ3v) is 4.05. The topological polar surface area (TPSA) is 71.8 Å². The average molecular weight is 394 g/mol. The minimum absolute atomic E-state index is 0.00782. The summed E-state index contributed by atoms with van der Waals surface area (Å²) in [5.41, 5.74) is -5.15. The van der Waals surface area contributed by atoms with Crippen LogP contribution < -0.4 is 0 Å². The van der Waals surface area contributed by atoms with E-state index in [0.29, 0.717) is 6.42 Å². The van der Waals surface area contributed by atoms with Gasteiger partial charge in [0.25, 0.3) is 6.43 Å². The van der Waals surface area contributed by atoms with E-state index in [4.69, 9.17) is 4.74 Å². The molecule has 1 aromatic heterocycles. The van der Waals surface area contributed by atoms with Crippen molar-refractivity contribution in [2.24, 2.45) is 16.8 Å². The Morgan fingerprint density at radius 3 is 2.41 bits per heavy atom. The molecule has 1 saturated heterocycles. The fraction of sp³-hybridized carbons (Fsp3) is 0.588. The molecular formula is C17H19F5N2O3. The van der Waals surface area contributed by atoms with Crippen LogP contribution in [-0.4, -0.2) is 28.6 Å². The number of aromatic nitrogens is 1. The van der Waals surface area contributed by atoms with E-state index in [9.17, 15) is 31.9 Å². The number of alkyl halides is 5. The molecule has 0 saturated carbocycles. The van der Waals surface area contributed by atoms with Gasteiger partial charge in [0.05, 0.1) is 12.2 Å². The number of rotatable bonds is 5. The van der Waals surface area contributed by atoms with Gasteiger partial charge in [-0.1, -0.05) is 20.8 Å². The van der Waals surface area contributed by atoms with Crippen LogP contribution in [0.25, 0.3) is 0 Å². The van der Waals surface area contributed by atoms with E-state index < -0.39 is 46.8 Å². The summed E-state index contributed by atoms with van der Waals surface area (Å²) < 4.78 is 72.5. The lowest BCUT2D eigenvalue weighted by Gasteiger charge is -2.20. The maximum absolute atomic E-state index is 13.5. The molecule has 0 radical (unpaired) electrons. The molecule has 0 aliphatic carbocycles. The second-order valence-corrected chi connectivity index (χ2v) is 6.74. The van der Waals surface area contributed by atoms with Crippen molar-refractivity contribution in [3.8, 4) is 0 Å². The van der Waals surface area contributed by atoms with Gasteiger partial charge >= 0.3 is 12.1 Å². The Morgan fingerprint density at radius 1 is 1.37 bits per heavy atom.